The Bertz CT molecular complexity index is 585. The van der Waals surface area contributed by atoms with Crippen molar-refractivity contribution in [3.63, 3.8) is 0 Å². The van der Waals surface area contributed by atoms with Crippen molar-refractivity contribution in [2.24, 2.45) is 0 Å². The first-order valence-corrected chi connectivity index (χ1v) is 5.26. The van der Waals surface area contributed by atoms with E-state index < -0.39 is 0 Å². The molecule has 0 N–H and O–H groups in total. The van der Waals surface area contributed by atoms with Crippen LogP contribution in [0.1, 0.15) is 11.3 Å². The first-order valence-electron chi connectivity index (χ1n) is 5.26. The fourth-order valence-corrected chi connectivity index (χ4v) is 1.75. The molecule has 0 spiro atoms. The van der Waals surface area contributed by atoms with Gasteiger partial charge in [0.1, 0.15) is 11.8 Å². The largest absolute Gasteiger partial charge is 0.495 e. The van der Waals surface area contributed by atoms with Crippen molar-refractivity contribution in [3.05, 3.63) is 47.8 Å². The van der Waals surface area contributed by atoms with Gasteiger partial charge in [-0.25, -0.2) is 0 Å². The lowest BCUT2D eigenvalue weighted by atomic mass is 10.0. The van der Waals surface area contributed by atoms with Crippen LogP contribution < -0.4 is 4.74 Å². The summed E-state index contributed by atoms with van der Waals surface area (Å²) in [6.45, 7) is 1.95. The molecule has 2 aromatic rings. The molecule has 2 rings (SSSR count). The molecule has 0 amide bonds. The molecule has 0 radical (unpaired) electrons. The number of methoxy groups -OCH3 is 1. The van der Waals surface area contributed by atoms with E-state index in [1.807, 2.05) is 31.2 Å². The summed E-state index contributed by atoms with van der Waals surface area (Å²) < 4.78 is 5.12. The second-order valence-electron chi connectivity index (χ2n) is 3.66. The number of nitriles is 1. The van der Waals surface area contributed by atoms with Gasteiger partial charge in [-0.2, -0.15) is 5.26 Å². The summed E-state index contributed by atoms with van der Waals surface area (Å²) in [5.74, 6) is 0.595. The molecule has 0 aliphatic rings. The number of ether oxygens (including phenoxy) is 1. The highest BCUT2D eigenvalue weighted by Crippen LogP contribution is 2.27. The second-order valence-corrected chi connectivity index (χ2v) is 3.66. The highest BCUT2D eigenvalue weighted by Gasteiger charge is 2.07. The molecule has 0 saturated carbocycles. The van der Waals surface area contributed by atoms with Crippen molar-refractivity contribution in [2.75, 3.05) is 7.11 Å². The Morgan fingerprint density at radius 3 is 2.76 bits per heavy atom. The van der Waals surface area contributed by atoms with Gasteiger partial charge in [-0.05, 0) is 30.7 Å². The Morgan fingerprint density at radius 2 is 2.12 bits per heavy atom. The highest BCUT2D eigenvalue weighted by molar-refractivity contribution is 5.68. The maximum absolute atomic E-state index is 9.04. The van der Waals surface area contributed by atoms with Crippen molar-refractivity contribution in [1.82, 2.24) is 4.98 Å². The van der Waals surface area contributed by atoms with Crippen LogP contribution in [0.4, 0.5) is 0 Å². The van der Waals surface area contributed by atoms with Gasteiger partial charge in [-0.3, -0.25) is 4.98 Å². The predicted molar refractivity (Wildman–Crippen MR) is 65.7 cm³/mol. The Labute approximate surface area is 100 Å². The molecule has 1 aromatic carbocycles. The van der Waals surface area contributed by atoms with Gasteiger partial charge < -0.3 is 4.74 Å². The molecule has 84 valence electrons. The summed E-state index contributed by atoms with van der Waals surface area (Å²) in [5, 5.41) is 9.04. The van der Waals surface area contributed by atoms with Gasteiger partial charge >= 0.3 is 0 Å². The van der Waals surface area contributed by atoms with Crippen LogP contribution in [0.3, 0.4) is 0 Å². The zero-order chi connectivity index (χ0) is 12.3. The maximum Gasteiger partial charge on any atom is 0.136 e. The molecule has 0 atom stereocenters. The third kappa shape index (κ3) is 2.11. The number of rotatable bonds is 2. The number of pyridine rings is 1. The molecule has 0 bridgehead atoms. The standard InChI is InChI=1S/C14H12N2O/c1-10-13(4-3-7-16-10)11-5-6-14(17-2)12(8-11)9-15/h3-8H,1-2H3. The molecule has 3 heteroatoms. The van der Waals surface area contributed by atoms with E-state index in [0.717, 1.165) is 16.8 Å². The zero-order valence-electron chi connectivity index (χ0n) is 9.77. The van der Waals surface area contributed by atoms with Crippen molar-refractivity contribution >= 4 is 0 Å². The van der Waals surface area contributed by atoms with Gasteiger partial charge in [0.15, 0.2) is 0 Å². The lowest BCUT2D eigenvalue weighted by Crippen LogP contribution is -1.91. The Kier molecular flexibility index (Phi) is 3.06. The van der Waals surface area contributed by atoms with Crippen LogP contribution in [0, 0.1) is 18.3 Å². The van der Waals surface area contributed by atoms with Gasteiger partial charge in [0, 0.05) is 17.5 Å². The molecular weight excluding hydrogens is 212 g/mol. The van der Waals surface area contributed by atoms with E-state index in [9.17, 15) is 0 Å². The van der Waals surface area contributed by atoms with Crippen LogP contribution in [0.2, 0.25) is 0 Å². The summed E-state index contributed by atoms with van der Waals surface area (Å²) >= 11 is 0. The fraction of sp³-hybridized carbons (Fsp3) is 0.143. The molecular formula is C14H12N2O. The SMILES string of the molecule is COc1ccc(-c2cccnc2C)cc1C#N. The third-order valence-electron chi connectivity index (χ3n) is 2.64. The first-order chi connectivity index (χ1) is 8.26. The van der Waals surface area contributed by atoms with Crippen LogP contribution in [0.5, 0.6) is 5.75 Å². The molecule has 0 aliphatic heterocycles. The average Bonchev–Trinajstić information content (AvgIpc) is 2.38. The maximum atomic E-state index is 9.04. The summed E-state index contributed by atoms with van der Waals surface area (Å²) in [7, 11) is 1.56. The number of nitrogens with zero attached hydrogens (tertiary/aromatic N) is 2. The van der Waals surface area contributed by atoms with Gasteiger partial charge in [-0.15, -0.1) is 0 Å². The minimum absolute atomic E-state index is 0.535. The Hall–Kier alpha value is -2.34. The summed E-state index contributed by atoms with van der Waals surface area (Å²) in [4.78, 5) is 4.24. The zero-order valence-corrected chi connectivity index (χ0v) is 9.77. The van der Waals surface area contributed by atoms with Gasteiger partial charge in [0.25, 0.3) is 0 Å². The molecule has 0 fully saturated rings. The van der Waals surface area contributed by atoms with E-state index in [-0.39, 0.29) is 0 Å². The first kappa shape index (κ1) is 11.2. The van der Waals surface area contributed by atoms with E-state index >= 15 is 0 Å². The topological polar surface area (TPSA) is 45.9 Å². The molecule has 17 heavy (non-hydrogen) atoms. The molecule has 0 aliphatic carbocycles. The lowest BCUT2D eigenvalue weighted by molar-refractivity contribution is 0.413. The van der Waals surface area contributed by atoms with E-state index in [4.69, 9.17) is 10.00 Å². The summed E-state index contributed by atoms with van der Waals surface area (Å²) in [6, 6.07) is 11.6. The van der Waals surface area contributed by atoms with Crippen molar-refractivity contribution < 1.29 is 4.74 Å². The van der Waals surface area contributed by atoms with Crippen molar-refractivity contribution in [3.8, 4) is 22.9 Å². The number of hydrogen-bond donors (Lipinski definition) is 0. The number of aromatic nitrogens is 1. The van der Waals surface area contributed by atoms with Crippen molar-refractivity contribution in [2.45, 2.75) is 6.92 Å². The minimum Gasteiger partial charge on any atom is -0.495 e. The number of hydrogen-bond acceptors (Lipinski definition) is 3. The normalized spacial score (nSPS) is 9.71. The third-order valence-corrected chi connectivity index (χ3v) is 2.64. The smallest absolute Gasteiger partial charge is 0.136 e. The number of benzene rings is 1. The van der Waals surface area contributed by atoms with Crippen LogP contribution in [-0.4, -0.2) is 12.1 Å². The van der Waals surface area contributed by atoms with Crippen LogP contribution in [0.25, 0.3) is 11.1 Å². The number of aryl methyl sites for hydroxylation is 1. The molecule has 0 saturated heterocycles. The van der Waals surface area contributed by atoms with E-state index in [2.05, 4.69) is 11.1 Å². The molecule has 3 nitrogen and oxygen atoms in total. The Balaban J connectivity index is 2.55. The molecule has 1 heterocycles. The predicted octanol–water partition coefficient (Wildman–Crippen LogP) is 2.94. The van der Waals surface area contributed by atoms with Crippen LogP contribution >= 0.6 is 0 Å². The van der Waals surface area contributed by atoms with E-state index in [1.165, 1.54) is 0 Å². The molecule has 1 aromatic heterocycles. The van der Waals surface area contributed by atoms with E-state index in [1.54, 1.807) is 19.4 Å². The van der Waals surface area contributed by atoms with Gasteiger partial charge in [0.2, 0.25) is 0 Å². The van der Waals surface area contributed by atoms with E-state index in [0.29, 0.717) is 11.3 Å². The summed E-state index contributed by atoms with van der Waals surface area (Å²) in [6.07, 6.45) is 1.76. The lowest BCUT2D eigenvalue weighted by Gasteiger charge is -2.07. The minimum atomic E-state index is 0.535. The quantitative estimate of drug-likeness (QED) is 0.787. The van der Waals surface area contributed by atoms with Crippen LogP contribution in [-0.2, 0) is 0 Å². The Morgan fingerprint density at radius 1 is 1.29 bits per heavy atom. The fourth-order valence-electron chi connectivity index (χ4n) is 1.75. The van der Waals surface area contributed by atoms with Gasteiger partial charge in [-0.1, -0.05) is 12.1 Å². The monoisotopic (exact) mass is 224 g/mol. The van der Waals surface area contributed by atoms with Crippen molar-refractivity contribution in [1.29, 1.82) is 5.26 Å². The second kappa shape index (κ2) is 4.67. The van der Waals surface area contributed by atoms with Crippen LogP contribution in [0.15, 0.2) is 36.5 Å². The molecule has 0 unspecified atom stereocenters. The highest BCUT2D eigenvalue weighted by atomic mass is 16.5. The van der Waals surface area contributed by atoms with Gasteiger partial charge in [0.05, 0.1) is 12.7 Å². The summed E-state index contributed by atoms with van der Waals surface area (Å²) in [5.41, 5.74) is 3.49. The average molecular weight is 224 g/mol.